The van der Waals surface area contributed by atoms with Crippen LogP contribution in [0.2, 0.25) is 0 Å². The van der Waals surface area contributed by atoms with E-state index in [1.54, 1.807) is 46.6 Å². The fourth-order valence-corrected chi connectivity index (χ4v) is 4.45. The largest absolute Gasteiger partial charge is 0.390 e. The highest BCUT2D eigenvalue weighted by atomic mass is 16.5. The molecule has 0 atom stereocenters. The number of nitrogen functional groups attached to an aromatic ring is 1. The summed E-state index contributed by atoms with van der Waals surface area (Å²) in [7, 11) is 3.47. The number of aliphatic hydroxyl groups excluding tert-OH is 1. The summed E-state index contributed by atoms with van der Waals surface area (Å²) in [5.74, 6) is 0.324. The Balaban J connectivity index is 1.64. The van der Waals surface area contributed by atoms with E-state index in [2.05, 4.69) is 21.4 Å². The summed E-state index contributed by atoms with van der Waals surface area (Å²) < 4.78 is 10.6. The summed E-state index contributed by atoms with van der Waals surface area (Å²) >= 11 is 0. The third-order valence-electron chi connectivity index (χ3n) is 6.16. The van der Waals surface area contributed by atoms with E-state index < -0.39 is 5.54 Å². The van der Waals surface area contributed by atoms with Gasteiger partial charge in [0.1, 0.15) is 5.69 Å². The first-order valence-corrected chi connectivity index (χ1v) is 10.2. The molecule has 0 saturated heterocycles. The molecule has 3 N–H and O–H groups in total. The fourth-order valence-electron chi connectivity index (χ4n) is 4.45. The molecule has 1 aliphatic carbocycles. The lowest BCUT2D eigenvalue weighted by Crippen LogP contribution is -2.50. The molecule has 11 nitrogen and oxygen atoms in total. The van der Waals surface area contributed by atoms with Gasteiger partial charge in [-0.05, 0) is 18.9 Å². The number of nitrogens with two attached hydrogens (primary N) is 1. The Morgan fingerprint density at radius 2 is 2.09 bits per heavy atom. The van der Waals surface area contributed by atoms with Gasteiger partial charge < -0.3 is 15.6 Å². The fraction of sp³-hybridized carbons (Fsp3) is 0.381. The Morgan fingerprint density at radius 3 is 2.81 bits per heavy atom. The van der Waals surface area contributed by atoms with Crippen molar-refractivity contribution < 1.29 is 9.84 Å². The number of anilines is 1. The van der Waals surface area contributed by atoms with Gasteiger partial charge in [-0.3, -0.25) is 9.36 Å². The summed E-state index contributed by atoms with van der Waals surface area (Å²) in [5.41, 5.74) is 9.79. The van der Waals surface area contributed by atoms with E-state index in [9.17, 15) is 10.4 Å². The number of ether oxygens (including phenoxy) is 1. The Kier molecular flexibility index (Phi) is 4.69. The maximum Gasteiger partial charge on any atom is 0.155 e. The third kappa shape index (κ3) is 3.04. The highest BCUT2D eigenvalue weighted by Crippen LogP contribution is 2.44. The van der Waals surface area contributed by atoms with E-state index in [1.807, 2.05) is 12.3 Å². The molecule has 164 valence electrons. The lowest BCUT2D eigenvalue weighted by atomic mass is 9.72. The van der Waals surface area contributed by atoms with Crippen LogP contribution in [0.1, 0.15) is 25.0 Å². The summed E-state index contributed by atoms with van der Waals surface area (Å²) in [5, 5.41) is 32.3. The zero-order valence-electron chi connectivity index (χ0n) is 17.8. The molecule has 32 heavy (non-hydrogen) atoms. The summed E-state index contributed by atoms with van der Waals surface area (Å²) in [4.78, 5) is 4.86. The van der Waals surface area contributed by atoms with Crippen LogP contribution in [0.25, 0.3) is 28.0 Å². The summed E-state index contributed by atoms with van der Waals surface area (Å²) in [6, 6.07) is 4.13. The van der Waals surface area contributed by atoms with Crippen molar-refractivity contribution in [1.82, 2.24) is 34.2 Å². The Hall–Kier alpha value is -3.75. The summed E-state index contributed by atoms with van der Waals surface area (Å²) in [6.45, 7) is -0.207. The Labute approximate surface area is 183 Å². The van der Waals surface area contributed by atoms with Crippen LogP contribution in [-0.4, -0.2) is 52.5 Å². The third-order valence-corrected chi connectivity index (χ3v) is 6.16. The van der Waals surface area contributed by atoms with Crippen LogP contribution < -0.4 is 5.73 Å². The number of nitrogens with zero attached hydrogens (tertiary/aromatic N) is 8. The van der Waals surface area contributed by atoms with Crippen LogP contribution in [0.15, 0.2) is 30.9 Å². The second-order valence-corrected chi connectivity index (χ2v) is 8.15. The van der Waals surface area contributed by atoms with E-state index >= 15 is 0 Å². The Bertz CT molecular complexity index is 1340. The molecule has 4 heterocycles. The molecular weight excluding hydrogens is 410 g/mol. The summed E-state index contributed by atoms with van der Waals surface area (Å²) in [6.07, 6.45) is 8.95. The Morgan fingerprint density at radius 1 is 1.28 bits per heavy atom. The molecule has 0 aromatic carbocycles. The second-order valence-electron chi connectivity index (χ2n) is 8.15. The number of rotatable bonds is 6. The predicted octanol–water partition coefficient (Wildman–Crippen LogP) is 1.49. The standard InChI is InChI=1S/C21H23N9O2/c1-28-9-14(17(12-31)26-28)16-11-29-18(3-6-24-29)19(25-16)15-10-30(27-20(15)23)21(4-5-22)7-13(8-21)32-2/h3,6,9-11,13,31H,4,7-8,12H2,1-2H3,(H2,23,27)/t13-,21-. The van der Waals surface area contributed by atoms with Crippen LogP contribution in [0.5, 0.6) is 0 Å². The normalized spacial score (nSPS) is 20.4. The van der Waals surface area contributed by atoms with Gasteiger partial charge in [0.2, 0.25) is 0 Å². The average molecular weight is 433 g/mol. The van der Waals surface area contributed by atoms with Crippen molar-refractivity contribution in [3.63, 3.8) is 0 Å². The van der Waals surface area contributed by atoms with Gasteiger partial charge in [0, 0.05) is 32.1 Å². The molecule has 0 aliphatic heterocycles. The number of nitriles is 1. The van der Waals surface area contributed by atoms with Crippen molar-refractivity contribution in [3.05, 3.63) is 36.5 Å². The SMILES string of the molecule is CO[C@H]1C[C@](CC#N)(n2cc(-c3nc(-c4cn(C)nc4CO)cn4nccc34)c(N)n2)C1. The average Bonchev–Trinajstić information content (AvgIpc) is 3.47. The maximum atomic E-state index is 9.72. The molecule has 1 aliphatic rings. The van der Waals surface area contributed by atoms with Gasteiger partial charge in [-0.1, -0.05) is 0 Å². The van der Waals surface area contributed by atoms with E-state index in [-0.39, 0.29) is 12.7 Å². The minimum atomic E-state index is -0.441. The second kappa shape index (κ2) is 7.44. The minimum absolute atomic E-state index is 0.0997. The van der Waals surface area contributed by atoms with Crippen molar-refractivity contribution in [2.45, 2.75) is 37.5 Å². The molecule has 5 rings (SSSR count). The van der Waals surface area contributed by atoms with Crippen LogP contribution in [-0.2, 0) is 23.9 Å². The van der Waals surface area contributed by atoms with E-state index in [0.717, 1.165) is 5.52 Å². The quantitative estimate of drug-likeness (QED) is 0.465. The topological polar surface area (TPSA) is 145 Å². The van der Waals surface area contributed by atoms with Crippen LogP contribution >= 0.6 is 0 Å². The molecule has 0 bridgehead atoms. The lowest BCUT2D eigenvalue weighted by Gasteiger charge is -2.45. The first-order valence-electron chi connectivity index (χ1n) is 10.2. The molecule has 1 saturated carbocycles. The molecule has 0 radical (unpaired) electrons. The first-order chi connectivity index (χ1) is 15.5. The van der Waals surface area contributed by atoms with Gasteiger partial charge in [-0.2, -0.15) is 20.6 Å². The van der Waals surface area contributed by atoms with E-state index in [0.29, 0.717) is 53.3 Å². The zero-order chi connectivity index (χ0) is 22.5. The molecule has 4 aromatic heterocycles. The number of methoxy groups -OCH3 is 1. The van der Waals surface area contributed by atoms with E-state index in [1.165, 1.54) is 0 Å². The molecular formula is C21H23N9O2. The monoisotopic (exact) mass is 433 g/mol. The molecule has 0 spiro atoms. The van der Waals surface area contributed by atoms with Gasteiger partial charge in [0.15, 0.2) is 5.82 Å². The highest BCUT2D eigenvalue weighted by molar-refractivity contribution is 5.84. The van der Waals surface area contributed by atoms with Crippen molar-refractivity contribution in [3.8, 4) is 28.6 Å². The maximum absolute atomic E-state index is 9.72. The van der Waals surface area contributed by atoms with Crippen LogP contribution in [0.3, 0.4) is 0 Å². The number of fused-ring (bicyclic) bond motifs is 1. The number of hydrogen-bond donors (Lipinski definition) is 2. The predicted molar refractivity (Wildman–Crippen MR) is 115 cm³/mol. The highest BCUT2D eigenvalue weighted by Gasteiger charge is 2.47. The number of aryl methyl sites for hydroxylation is 1. The van der Waals surface area contributed by atoms with Crippen LogP contribution in [0, 0.1) is 11.3 Å². The van der Waals surface area contributed by atoms with Gasteiger partial charge in [-0.15, -0.1) is 0 Å². The van der Waals surface area contributed by atoms with Gasteiger partial charge in [-0.25, -0.2) is 9.50 Å². The van der Waals surface area contributed by atoms with Crippen LogP contribution in [0.4, 0.5) is 5.82 Å². The molecule has 1 fully saturated rings. The number of hydrogen-bond acceptors (Lipinski definition) is 8. The van der Waals surface area contributed by atoms with E-state index in [4.69, 9.17) is 15.5 Å². The van der Waals surface area contributed by atoms with Crippen molar-refractivity contribution in [1.29, 1.82) is 5.26 Å². The molecule has 4 aromatic rings. The molecule has 0 amide bonds. The molecule has 0 unspecified atom stereocenters. The first kappa shape index (κ1) is 20.2. The zero-order valence-corrected chi connectivity index (χ0v) is 17.8. The van der Waals surface area contributed by atoms with Crippen molar-refractivity contribution in [2.24, 2.45) is 7.05 Å². The van der Waals surface area contributed by atoms with Gasteiger partial charge in [0.05, 0.1) is 65.6 Å². The molecule has 11 heteroatoms. The van der Waals surface area contributed by atoms with Crippen molar-refractivity contribution >= 4 is 11.3 Å². The van der Waals surface area contributed by atoms with Crippen molar-refractivity contribution in [2.75, 3.05) is 12.8 Å². The number of aliphatic hydroxyl groups is 1. The minimum Gasteiger partial charge on any atom is -0.390 e. The lowest BCUT2D eigenvalue weighted by molar-refractivity contribution is -0.0540. The van der Waals surface area contributed by atoms with Gasteiger partial charge >= 0.3 is 0 Å². The van der Waals surface area contributed by atoms with Gasteiger partial charge in [0.25, 0.3) is 0 Å². The number of aromatic nitrogens is 7. The smallest absolute Gasteiger partial charge is 0.155 e.